The summed E-state index contributed by atoms with van der Waals surface area (Å²) in [6, 6.07) is 17.9. The summed E-state index contributed by atoms with van der Waals surface area (Å²) in [6.07, 6.45) is 0. The van der Waals surface area contributed by atoms with E-state index in [1.807, 2.05) is 67.5 Å². The highest BCUT2D eigenvalue weighted by Crippen LogP contribution is 2.28. The molecule has 4 nitrogen and oxygen atoms in total. The van der Waals surface area contributed by atoms with Crippen molar-refractivity contribution in [1.29, 1.82) is 0 Å². The van der Waals surface area contributed by atoms with Gasteiger partial charge < -0.3 is 4.90 Å². The Morgan fingerprint density at radius 1 is 1.08 bits per heavy atom. The lowest BCUT2D eigenvalue weighted by atomic mass is 10.2. The Hall–Kier alpha value is -2.24. The van der Waals surface area contributed by atoms with Crippen LogP contribution in [-0.2, 0) is 4.79 Å². The zero-order chi connectivity index (χ0) is 17.1. The zero-order valence-corrected chi connectivity index (χ0v) is 15.0. The van der Waals surface area contributed by atoms with Crippen LogP contribution >= 0.6 is 11.3 Å². The smallest absolute Gasteiger partial charge is 0.240 e. The van der Waals surface area contributed by atoms with Gasteiger partial charge in [-0.25, -0.2) is 4.98 Å². The molecule has 3 aromatic rings. The van der Waals surface area contributed by atoms with E-state index in [-0.39, 0.29) is 11.9 Å². The Labute approximate surface area is 146 Å². The summed E-state index contributed by atoms with van der Waals surface area (Å²) in [6.45, 7) is 2.44. The highest BCUT2D eigenvalue weighted by atomic mass is 32.1. The van der Waals surface area contributed by atoms with Gasteiger partial charge in [-0.1, -0.05) is 30.3 Å². The molecule has 2 aromatic carbocycles. The number of rotatable bonds is 5. The third-order valence-electron chi connectivity index (χ3n) is 4.23. The highest BCUT2D eigenvalue weighted by Gasteiger charge is 2.20. The maximum Gasteiger partial charge on any atom is 0.240 e. The minimum Gasteiger partial charge on any atom is -0.314 e. The molecule has 0 saturated heterocycles. The first-order valence-electron chi connectivity index (χ1n) is 7.93. The Morgan fingerprint density at radius 2 is 1.75 bits per heavy atom. The van der Waals surface area contributed by atoms with Crippen molar-refractivity contribution >= 4 is 33.1 Å². The highest BCUT2D eigenvalue weighted by molar-refractivity contribution is 7.18. The number of thiazole rings is 1. The van der Waals surface area contributed by atoms with Gasteiger partial charge in [-0.2, -0.15) is 0 Å². The molecule has 0 aliphatic heterocycles. The summed E-state index contributed by atoms with van der Waals surface area (Å²) in [4.78, 5) is 21.0. The number of hydrogen-bond acceptors (Lipinski definition) is 4. The summed E-state index contributed by atoms with van der Waals surface area (Å²) in [5.41, 5.74) is 1.93. The first kappa shape index (κ1) is 16.6. The van der Waals surface area contributed by atoms with Crippen LogP contribution in [0, 0.1) is 0 Å². The van der Waals surface area contributed by atoms with E-state index >= 15 is 0 Å². The number of anilines is 1. The van der Waals surface area contributed by atoms with Crippen LogP contribution in [0.25, 0.3) is 10.2 Å². The molecule has 1 atom stereocenters. The van der Waals surface area contributed by atoms with Gasteiger partial charge in [-0.3, -0.25) is 9.69 Å². The molecular weight excluding hydrogens is 318 g/mol. The van der Waals surface area contributed by atoms with Crippen molar-refractivity contribution < 1.29 is 4.79 Å². The first-order chi connectivity index (χ1) is 11.6. The van der Waals surface area contributed by atoms with Gasteiger partial charge in [0.25, 0.3) is 0 Å². The molecule has 5 heteroatoms. The van der Waals surface area contributed by atoms with Crippen LogP contribution in [0.2, 0.25) is 0 Å². The molecule has 0 radical (unpaired) electrons. The largest absolute Gasteiger partial charge is 0.314 e. The van der Waals surface area contributed by atoms with E-state index in [2.05, 4.69) is 13.0 Å². The van der Waals surface area contributed by atoms with E-state index in [0.29, 0.717) is 6.54 Å². The lowest BCUT2D eigenvalue weighted by Crippen LogP contribution is -2.37. The summed E-state index contributed by atoms with van der Waals surface area (Å²) in [5.74, 6) is 0.0664. The van der Waals surface area contributed by atoms with Crippen LogP contribution < -0.4 is 4.90 Å². The molecule has 0 fully saturated rings. The standard InChI is InChI=1S/C19H21N3OS/c1-14(19-20-16-11-7-8-12-17(16)24-19)21(2)13-18(23)22(3)15-9-5-4-6-10-15/h4-12,14H,13H2,1-3H3/t14-/m1/s1. The van der Waals surface area contributed by atoms with E-state index < -0.39 is 0 Å². The molecule has 124 valence electrons. The topological polar surface area (TPSA) is 36.4 Å². The van der Waals surface area contributed by atoms with E-state index in [1.54, 1.807) is 16.2 Å². The van der Waals surface area contributed by atoms with Crippen LogP contribution in [0.1, 0.15) is 18.0 Å². The Balaban J connectivity index is 1.69. The molecule has 1 amide bonds. The molecular formula is C19H21N3OS. The molecule has 0 spiro atoms. The number of benzene rings is 2. The molecule has 0 bridgehead atoms. The molecule has 1 aromatic heterocycles. The Bertz CT molecular complexity index is 798. The minimum absolute atomic E-state index is 0.0664. The maximum atomic E-state index is 12.5. The normalized spacial score (nSPS) is 12.5. The van der Waals surface area contributed by atoms with Crippen LogP contribution in [-0.4, -0.2) is 36.4 Å². The van der Waals surface area contributed by atoms with Crippen molar-refractivity contribution in [2.24, 2.45) is 0 Å². The Morgan fingerprint density at radius 3 is 2.46 bits per heavy atom. The number of hydrogen-bond donors (Lipinski definition) is 0. The van der Waals surface area contributed by atoms with Crippen molar-refractivity contribution in [3.8, 4) is 0 Å². The number of carbonyl (C=O) groups excluding carboxylic acids is 1. The number of para-hydroxylation sites is 2. The number of fused-ring (bicyclic) bond motifs is 1. The van der Waals surface area contributed by atoms with E-state index in [0.717, 1.165) is 16.2 Å². The molecule has 0 saturated carbocycles. The fourth-order valence-corrected chi connectivity index (χ4v) is 3.59. The summed E-state index contributed by atoms with van der Waals surface area (Å²) in [7, 11) is 3.78. The second-order valence-electron chi connectivity index (χ2n) is 5.90. The molecule has 3 rings (SSSR count). The molecule has 0 aliphatic carbocycles. The average molecular weight is 339 g/mol. The molecule has 0 unspecified atom stereocenters. The third-order valence-corrected chi connectivity index (χ3v) is 5.44. The molecule has 24 heavy (non-hydrogen) atoms. The van der Waals surface area contributed by atoms with Crippen LogP contribution in [0.3, 0.4) is 0 Å². The summed E-state index contributed by atoms with van der Waals surface area (Å²) >= 11 is 1.69. The van der Waals surface area contributed by atoms with Gasteiger partial charge in [0.2, 0.25) is 5.91 Å². The quantitative estimate of drug-likeness (QED) is 0.706. The van der Waals surface area contributed by atoms with Gasteiger partial charge >= 0.3 is 0 Å². The number of amides is 1. The summed E-state index contributed by atoms with van der Waals surface area (Å²) in [5, 5.41) is 1.04. The second kappa shape index (κ2) is 7.11. The SMILES string of the molecule is C[C@H](c1nc2ccccc2s1)N(C)CC(=O)N(C)c1ccccc1. The lowest BCUT2D eigenvalue weighted by Gasteiger charge is -2.25. The monoisotopic (exact) mass is 339 g/mol. The van der Waals surface area contributed by atoms with Crippen molar-refractivity contribution in [2.45, 2.75) is 13.0 Å². The van der Waals surface area contributed by atoms with Crippen LogP contribution in [0.4, 0.5) is 5.69 Å². The molecule has 0 aliphatic rings. The Kier molecular flexibility index (Phi) is 4.92. The second-order valence-corrected chi connectivity index (χ2v) is 6.96. The van der Waals surface area contributed by atoms with Gasteiger partial charge in [0.1, 0.15) is 5.01 Å². The fraction of sp³-hybridized carbons (Fsp3) is 0.263. The van der Waals surface area contributed by atoms with Gasteiger partial charge in [0.15, 0.2) is 0 Å². The van der Waals surface area contributed by atoms with E-state index in [4.69, 9.17) is 4.98 Å². The number of nitrogens with zero attached hydrogens (tertiary/aromatic N) is 3. The third kappa shape index (κ3) is 3.47. The number of aromatic nitrogens is 1. The predicted molar refractivity (Wildman–Crippen MR) is 101 cm³/mol. The molecule has 0 N–H and O–H groups in total. The predicted octanol–water partition coefficient (Wildman–Crippen LogP) is 3.95. The van der Waals surface area contributed by atoms with Crippen molar-refractivity contribution in [2.75, 3.05) is 25.5 Å². The first-order valence-corrected chi connectivity index (χ1v) is 8.75. The van der Waals surface area contributed by atoms with E-state index in [9.17, 15) is 4.79 Å². The average Bonchev–Trinajstić information content (AvgIpc) is 3.05. The van der Waals surface area contributed by atoms with Crippen LogP contribution in [0.15, 0.2) is 54.6 Å². The number of likely N-dealkylation sites (N-methyl/N-ethyl adjacent to an activating group) is 2. The van der Waals surface area contributed by atoms with Gasteiger partial charge in [-0.05, 0) is 38.2 Å². The zero-order valence-electron chi connectivity index (χ0n) is 14.1. The van der Waals surface area contributed by atoms with Crippen LogP contribution in [0.5, 0.6) is 0 Å². The summed E-state index contributed by atoms with van der Waals surface area (Å²) < 4.78 is 1.18. The van der Waals surface area contributed by atoms with Gasteiger partial charge in [-0.15, -0.1) is 11.3 Å². The van der Waals surface area contributed by atoms with Crippen molar-refractivity contribution in [3.05, 3.63) is 59.6 Å². The minimum atomic E-state index is 0.0664. The lowest BCUT2D eigenvalue weighted by molar-refractivity contribution is -0.119. The van der Waals surface area contributed by atoms with Gasteiger partial charge in [0, 0.05) is 12.7 Å². The van der Waals surface area contributed by atoms with Crippen molar-refractivity contribution in [1.82, 2.24) is 9.88 Å². The fourth-order valence-electron chi connectivity index (χ4n) is 2.51. The molecule has 1 heterocycles. The van der Waals surface area contributed by atoms with Gasteiger partial charge in [0.05, 0.1) is 22.8 Å². The maximum absolute atomic E-state index is 12.5. The van der Waals surface area contributed by atoms with E-state index in [1.165, 1.54) is 4.70 Å². The van der Waals surface area contributed by atoms with Crippen molar-refractivity contribution in [3.63, 3.8) is 0 Å². The number of carbonyl (C=O) groups is 1.